The summed E-state index contributed by atoms with van der Waals surface area (Å²) in [7, 11) is -9.82. The highest BCUT2D eigenvalue weighted by atomic mass is 31.2. The molecule has 684 valence electrons. The molecular formula is C101H174O16P2. The molecule has 5 unspecified atom stereocenters. The summed E-state index contributed by atoms with van der Waals surface area (Å²) in [5.74, 6) is -1.58. The van der Waals surface area contributed by atoms with Crippen LogP contribution in [0.3, 0.4) is 0 Å². The molecule has 119 heavy (non-hydrogen) atoms. The van der Waals surface area contributed by atoms with Gasteiger partial charge in [-0.2, -0.15) is 0 Å². The van der Waals surface area contributed by atoms with E-state index in [0.717, 1.165) is 167 Å². The second kappa shape index (κ2) is 92.4. The fourth-order valence-electron chi connectivity index (χ4n) is 13.0. The van der Waals surface area contributed by atoms with Crippen LogP contribution in [0.15, 0.2) is 158 Å². The van der Waals surface area contributed by atoms with Crippen molar-refractivity contribution >= 4 is 33.6 Å². The Morgan fingerprint density at radius 3 is 0.706 bits per heavy atom. The van der Waals surface area contributed by atoms with Gasteiger partial charge in [0.25, 0.3) is 0 Å². The van der Waals surface area contributed by atoms with E-state index in [1.807, 2.05) is 0 Å². The van der Waals surface area contributed by atoms with Crippen LogP contribution in [0, 0.1) is 0 Å². The lowest BCUT2D eigenvalue weighted by molar-refractivity contribution is -0.161. The number of hydrogen-bond donors (Lipinski definition) is 4. The van der Waals surface area contributed by atoms with Crippen LogP contribution in [-0.2, 0) is 55.8 Å². The van der Waals surface area contributed by atoms with E-state index in [1.54, 1.807) is 0 Å². The maximum absolute atomic E-state index is 13.1. The molecule has 0 aliphatic rings. The van der Waals surface area contributed by atoms with Gasteiger partial charge in [0, 0.05) is 19.3 Å². The van der Waals surface area contributed by atoms with Crippen molar-refractivity contribution in [3.63, 3.8) is 0 Å². The molecule has 0 bridgehead atoms. The summed E-state index contributed by atoms with van der Waals surface area (Å²) in [5, 5.41) is 20.8. The molecule has 0 saturated heterocycles. The van der Waals surface area contributed by atoms with Crippen LogP contribution in [0.1, 0.15) is 406 Å². The summed E-state index contributed by atoms with van der Waals surface area (Å²) in [4.78, 5) is 59.1. The summed E-state index contributed by atoms with van der Waals surface area (Å²) in [6.45, 7) is 2.56. The fraction of sp³-hybridized carbons (Fsp3) is 0.713. The standard InChI is InChI=1S/C101H174O16P2/c1-4-7-10-13-16-19-22-25-28-31-34-37-40-42-44-46-47-49-51-52-55-57-60-63-66-69-72-75-78-81-84-87-99(104)111-90-96(102)91-113-118(107,108)114-92-97(103)93-115-119(109,110)116-95-98(117-101(106)89-86-83-80-77-74-71-68-65-62-59-54-39-36-33-30-27-24-21-18-15-12-9-6-3)94-112-100(105)88-85-82-79-76-73-70-67-64-61-58-56-53-50-48-45-43-41-38-35-32-29-26-23-20-17-14-11-8-5-2/h8,11,16-21,25-30,34-39,42-45,59,62,96-98,102-103H,4-7,9-10,12-15,22-24,31-33,40-41,46-58,60-61,63-95H2,1-3H3,(H,107,108)(H,109,110)/b11-8-,19-16-,20-17-,21-18-,28-25-,29-26-,30-27-,37-34-,38-35-,39-36-,44-42-,45-43-,62-59-. The monoisotopic (exact) mass is 1710 g/mol. The topological polar surface area (TPSA) is 231 Å². The van der Waals surface area contributed by atoms with Gasteiger partial charge in [0.05, 0.1) is 26.4 Å². The highest BCUT2D eigenvalue weighted by Crippen LogP contribution is 2.45. The van der Waals surface area contributed by atoms with E-state index in [-0.39, 0.29) is 19.3 Å². The molecule has 0 aromatic carbocycles. The third-order valence-corrected chi connectivity index (χ3v) is 22.1. The molecule has 16 nitrogen and oxygen atoms in total. The predicted molar refractivity (Wildman–Crippen MR) is 500 cm³/mol. The van der Waals surface area contributed by atoms with Gasteiger partial charge in [-0.05, 0) is 154 Å². The summed E-state index contributed by atoms with van der Waals surface area (Å²) in [5.41, 5.74) is 0. The van der Waals surface area contributed by atoms with Gasteiger partial charge in [-0.1, -0.05) is 391 Å². The van der Waals surface area contributed by atoms with Crippen LogP contribution >= 0.6 is 15.6 Å². The predicted octanol–water partition coefficient (Wildman–Crippen LogP) is 29.7. The van der Waals surface area contributed by atoms with Gasteiger partial charge < -0.3 is 34.2 Å². The van der Waals surface area contributed by atoms with Crippen LogP contribution in [0.2, 0.25) is 0 Å². The molecule has 0 amide bonds. The number of hydrogen-bond acceptors (Lipinski definition) is 14. The smallest absolute Gasteiger partial charge is 0.463 e. The highest BCUT2D eigenvalue weighted by Gasteiger charge is 2.30. The van der Waals surface area contributed by atoms with Gasteiger partial charge in [-0.25, -0.2) is 9.13 Å². The van der Waals surface area contributed by atoms with Crippen LogP contribution in [0.5, 0.6) is 0 Å². The summed E-state index contributed by atoms with van der Waals surface area (Å²) >= 11 is 0. The van der Waals surface area contributed by atoms with E-state index >= 15 is 0 Å². The Morgan fingerprint density at radius 1 is 0.244 bits per heavy atom. The lowest BCUT2D eigenvalue weighted by Gasteiger charge is -2.21. The van der Waals surface area contributed by atoms with Crippen molar-refractivity contribution < 1.29 is 75.8 Å². The summed E-state index contributed by atoms with van der Waals surface area (Å²) in [6, 6.07) is 0. The largest absolute Gasteiger partial charge is 0.472 e. The van der Waals surface area contributed by atoms with Crippen molar-refractivity contribution in [3.8, 4) is 0 Å². The molecule has 0 aromatic rings. The SMILES string of the molecule is CC/C=C\C/C=C\C/C=C\C/C=C\C/C=C\CCCCCCCCCCCCCCCC(=O)OCC(COP(=O)(O)OCC(O)COP(=O)(O)OCC(O)COC(=O)CCCCCCCCCCCCCCCCC/C=C\C/C=C\C/C=C\C/C=C\CCCCC)OC(=O)CCCCCCCCC/C=C\C/C=C\C/C=C\C/C=C\CCCCC. The average molecular weight is 1710 g/mol. The van der Waals surface area contributed by atoms with Crippen LogP contribution in [-0.4, -0.2) is 95.9 Å². The quantitative estimate of drug-likeness (QED) is 0.0146. The molecule has 0 aliphatic carbocycles. The van der Waals surface area contributed by atoms with Crippen LogP contribution in [0.4, 0.5) is 0 Å². The van der Waals surface area contributed by atoms with E-state index in [1.165, 1.54) is 180 Å². The first-order chi connectivity index (χ1) is 58.2. The molecular weight excluding hydrogens is 1530 g/mol. The molecule has 0 spiro atoms. The van der Waals surface area contributed by atoms with Crippen LogP contribution in [0.25, 0.3) is 0 Å². The average Bonchev–Trinajstić information content (AvgIpc) is 0.903. The molecule has 4 N–H and O–H groups in total. The molecule has 0 aromatic heterocycles. The Labute approximate surface area is 727 Å². The van der Waals surface area contributed by atoms with E-state index < -0.39 is 91.5 Å². The molecule has 0 radical (unpaired) electrons. The maximum atomic E-state index is 13.1. The number of rotatable bonds is 90. The molecule has 0 fully saturated rings. The van der Waals surface area contributed by atoms with E-state index in [0.29, 0.717) is 19.3 Å². The number of aliphatic hydroxyl groups excluding tert-OH is 2. The fourth-order valence-corrected chi connectivity index (χ4v) is 14.6. The third kappa shape index (κ3) is 93.7. The number of carbonyl (C=O) groups is 3. The minimum atomic E-state index is -4.95. The molecule has 18 heteroatoms. The minimum absolute atomic E-state index is 0.0891. The molecule has 0 heterocycles. The Morgan fingerprint density at radius 2 is 0.445 bits per heavy atom. The van der Waals surface area contributed by atoms with Crippen molar-refractivity contribution in [3.05, 3.63) is 158 Å². The first kappa shape index (κ1) is 114. The van der Waals surface area contributed by atoms with Crippen molar-refractivity contribution in [1.82, 2.24) is 0 Å². The second-order valence-corrected chi connectivity index (χ2v) is 34.7. The van der Waals surface area contributed by atoms with Gasteiger partial charge >= 0.3 is 33.6 Å². The number of phosphoric acid groups is 2. The van der Waals surface area contributed by atoms with E-state index in [4.69, 9.17) is 32.3 Å². The zero-order chi connectivity index (χ0) is 86.5. The number of carbonyl (C=O) groups excluding carboxylic acids is 3. The van der Waals surface area contributed by atoms with Gasteiger partial charge in [0.2, 0.25) is 0 Å². The van der Waals surface area contributed by atoms with Crippen molar-refractivity contribution in [2.75, 3.05) is 39.6 Å². The third-order valence-electron chi connectivity index (χ3n) is 20.2. The van der Waals surface area contributed by atoms with E-state index in [2.05, 4.69) is 179 Å². The lowest BCUT2D eigenvalue weighted by Crippen LogP contribution is -2.30. The number of esters is 3. The Kier molecular flexibility index (Phi) is 88.6. The van der Waals surface area contributed by atoms with Gasteiger partial charge in [0.1, 0.15) is 25.4 Å². The van der Waals surface area contributed by atoms with Crippen molar-refractivity contribution in [2.45, 2.75) is 424 Å². The zero-order valence-electron chi connectivity index (χ0n) is 75.5. The molecule has 5 atom stereocenters. The lowest BCUT2D eigenvalue weighted by atomic mass is 10.0. The minimum Gasteiger partial charge on any atom is -0.463 e. The number of allylic oxidation sites excluding steroid dienone is 26. The number of ether oxygens (including phenoxy) is 3. The molecule has 0 saturated carbocycles. The first-order valence-corrected chi connectivity index (χ1v) is 50.8. The van der Waals surface area contributed by atoms with Crippen LogP contribution < -0.4 is 0 Å². The number of aliphatic hydroxyl groups is 2. The Hall–Kier alpha value is -4.83. The van der Waals surface area contributed by atoms with Crippen molar-refractivity contribution in [1.29, 1.82) is 0 Å². The second-order valence-electron chi connectivity index (χ2n) is 31.8. The first-order valence-electron chi connectivity index (χ1n) is 47.8. The van der Waals surface area contributed by atoms with Gasteiger partial charge in [-0.3, -0.25) is 32.5 Å². The van der Waals surface area contributed by atoms with Gasteiger partial charge in [0.15, 0.2) is 6.10 Å². The van der Waals surface area contributed by atoms with Crippen molar-refractivity contribution in [2.24, 2.45) is 0 Å². The summed E-state index contributed by atoms with van der Waals surface area (Å²) in [6.07, 6.45) is 119. The highest BCUT2D eigenvalue weighted by molar-refractivity contribution is 7.47. The molecule has 0 rings (SSSR count). The number of unbranched alkanes of at least 4 members (excludes halogenated alkanes) is 41. The zero-order valence-corrected chi connectivity index (χ0v) is 77.3. The normalized spacial score (nSPS) is 14.4. The maximum Gasteiger partial charge on any atom is 0.472 e. The summed E-state index contributed by atoms with van der Waals surface area (Å²) < 4.78 is 61.6. The van der Waals surface area contributed by atoms with E-state index in [9.17, 15) is 43.5 Å². The molecule has 0 aliphatic heterocycles. The number of phosphoric ester groups is 2. The van der Waals surface area contributed by atoms with Gasteiger partial charge in [-0.15, -0.1) is 0 Å². The Bertz CT molecular complexity index is 2790. The Balaban J connectivity index is 4.61.